The Labute approximate surface area is 149 Å². The lowest BCUT2D eigenvalue weighted by Gasteiger charge is -2.32. The first-order valence-corrected chi connectivity index (χ1v) is 8.56. The van der Waals surface area contributed by atoms with Crippen LogP contribution in [0, 0.1) is 0 Å². The molecule has 2 heterocycles. The van der Waals surface area contributed by atoms with Crippen LogP contribution >= 0.6 is 0 Å². The first-order valence-electron chi connectivity index (χ1n) is 8.56. The number of carboxylic acids is 1. The smallest absolute Gasteiger partial charge is 0.335 e. The number of aliphatic hydroxyl groups is 1. The average molecular weight is 353 g/mol. The Bertz CT molecular complexity index is 1030. The summed E-state index contributed by atoms with van der Waals surface area (Å²) in [6.45, 7) is 1.88. The average Bonchev–Trinajstić information content (AvgIpc) is 2.97. The van der Waals surface area contributed by atoms with Gasteiger partial charge in [0.2, 0.25) is 0 Å². The van der Waals surface area contributed by atoms with Gasteiger partial charge in [-0.25, -0.2) is 4.79 Å². The van der Waals surface area contributed by atoms with Gasteiger partial charge in [0.25, 0.3) is 0 Å². The minimum Gasteiger partial charge on any atom is -0.478 e. The molecule has 0 saturated heterocycles. The number of nitrogens with one attached hydrogen (secondary N) is 1. The van der Waals surface area contributed by atoms with E-state index in [4.69, 9.17) is 9.52 Å². The number of rotatable bonds is 3. The molecule has 0 radical (unpaired) electrons. The van der Waals surface area contributed by atoms with Crippen LogP contribution in [-0.4, -0.2) is 21.9 Å². The fourth-order valence-electron chi connectivity index (χ4n) is 3.87. The van der Waals surface area contributed by atoms with E-state index in [0.29, 0.717) is 36.2 Å². The van der Waals surface area contributed by atoms with E-state index < -0.39 is 11.7 Å². The molecular weight excluding hydrogens is 334 g/mol. The topological polar surface area (TPSA) is 99.8 Å². The van der Waals surface area contributed by atoms with Crippen LogP contribution in [0.15, 0.2) is 51.3 Å². The number of hydrogen-bond donors (Lipinski definition) is 3. The fraction of sp³-hybridized carbons (Fsp3) is 0.300. The third-order valence-corrected chi connectivity index (χ3v) is 5.07. The summed E-state index contributed by atoms with van der Waals surface area (Å²) in [5.74, 6) is -0.568. The van der Waals surface area contributed by atoms with Crippen LogP contribution in [-0.2, 0) is 6.42 Å². The second kappa shape index (κ2) is 5.85. The van der Waals surface area contributed by atoms with E-state index in [1.807, 2.05) is 19.1 Å². The zero-order chi connectivity index (χ0) is 18.5. The minimum atomic E-state index is -1.17. The van der Waals surface area contributed by atoms with Crippen molar-refractivity contribution in [3.63, 3.8) is 0 Å². The Kier molecular flexibility index (Phi) is 3.73. The molecule has 0 bridgehead atoms. The molecular formula is C20H19NO5. The van der Waals surface area contributed by atoms with Crippen molar-refractivity contribution >= 4 is 16.9 Å². The lowest BCUT2D eigenvalue weighted by Crippen LogP contribution is -2.44. The van der Waals surface area contributed by atoms with Gasteiger partial charge in [0.05, 0.1) is 10.9 Å². The molecule has 1 aliphatic carbocycles. The Hall–Kier alpha value is -2.86. The highest BCUT2D eigenvalue weighted by Gasteiger charge is 2.36. The second-order valence-corrected chi connectivity index (χ2v) is 6.99. The standard InChI is InChI=1S/C20H19NO5/c1-11-3-2-8-20(25,21-11)10-13-4-6-14-17(22)15-9-12(19(23)24)5-7-16(15)26-18(13)14/h2-3,5,7-9,13,21,25H,4,6,10H2,1H3,(H,23,24). The molecule has 2 unspecified atom stereocenters. The number of benzene rings is 1. The third-order valence-electron chi connectivity index (χ3n) is 5.07. The van der Waals surface area contributed by atoms with Crippen molar-refractivity contribution in [2.75, 3.05) is 0 Å². The number of dihydropyridines is 1. The number of carbonyl (C=O) groups is 1. The van der Waals surface area contributed by atoms with Gasteiger partial charge in [-0.15, -0.1) is 0 Å². The summed E-state index contributed by atoms with van der Waals surface area (Å²) in [6.07, 6.45) is 7.05. The molecule has 3 N–H and O–H groups in total. The van der Waals surface area contributed by atoms with Crippen molar-refractivity contribution in [3.05, 3.63) is 69.2 Å². The molecule has 0 fully saturated rings. The first-order chi connectivity index (χ1) is 12.4. The molecule has 6 nitrogen and oxygen atoms in total. The molecule has 2 aliphatic rings. The first kappa shape index (κ1) is 16.6. The fourth-order valence-corrected chi connectivity index (χ4v) is 3.87. The normalized spacial score (nSPS) is 24.2. The molecule has 0 spiro atoms. The number of carboxylic acid groups (broad SMARTS) is 1. The van der Waals surface area contributed by atoms with Gasteiger partial charge >= 0.3 is 5.97 Å². The number of allylic oxidation sites excluding steroid dienone is 3. The van der Waals surface area contributed by atoms with Crippen LogP contribution in [0.4, 0.5) is 0 Å². The van der Waals surface area contributed by atoms with Gasteiger partial charge in [-0.05, 0) is 50.1 Å². The van der Waals surface area contributed by atoms with Gasteiger partial charge in [-0.3, -0.25) is 4.79 Å². The Morgan fingerprint density at radius 1 is 1.42 bits per heavy atom. The number of hydrogen-bond acceptors (Lipinski definition) is 5. The van der Waals surface area contributed by atoms with E-state index in [0.717, 1.165) is 5.70 Å². The van der Waals surface area contributed by atoms with E-state index in [1.54, 1.807) is 6.08 Å². The zero-order valence-corrected chi connectivity index (χ0v) is 14.3. The van der Waals surface area contributed by atoms with E-state index in [2.05, 4.69) is 5.32 Å². The summed E-state index contributed by atoms with van der Waals surface area (Å²) in [7, 11) is 0. The summed E-state index contributed by atoms with van der Waals surface area (Å²) in [4.78, 5) is 24.0. The molecule has 2 atom stereocenters. The maximum atomic E-state index is 12.8. The minimum absolute atomic E-state index is 0.0624. The van der Waals surface area contributed by atoms with Gasteiger partial charge in [0, 0.05) is 23.6 Å². The molecule has 6 heteroatoms. The van der Waals surface area contributed by atoms with Crippen molar-refractivity contribution in [3.8, 4) is 0 Å². The largest absolute Gasteiger partial charge is 0.478 e. The molecule has 1 aromatic heterocycles. The molecule has 0 amide bonds. The summed E-state index contributed by atoms with van der Waals surface area (Å²) in [6, 6.07) is 4.32. The van der Waals surface area contributed by atoms with Gasteiger partial charge in [0.1, 0.15) is 11.3 Å². The van der Waals surface area contributed by atoms with Crippen LogP contribution in [0.25, 0.3) is 11.0 Å². The van der Waals surface area contributed by atoms with Gasteiger partial charge in [-0.2, -0.15) is 0 Å². The number of aromatic carboxylic acids is 1. The quantitative estimate of drug-likeness (QED) is 0.784. The van der Waals surface area contributed by atoms with Gasteiger partial charge in [-0.1, -0.05) is 6.08 Å². The highest BCUT2D eigenvalue weighted by molar-refractivity contribution is 5.92. The lowest BCUT2D eigenvalue weighted by molar-refractivity contribution is 0.0452. The second-order valence-electron chi connectivity index (χ2n) is 6.99. The van der Waals surface area contributed by atoms with Gasteiger partial charge < -0.3 is 19.9 Å². The monoisotopic (exact) mass is 353 g/mol. The van der Waals surface area contributed by atoms with Crippen LogP contribution in [0.3, 0.4) is 0 Å². The van der Waals surface area contributed by atoms with Crippen molar-refractivity contribution in [1.82, 2.24) is 5.32 Å². The van der Waals surface area contributed by atoms with E-state index >= 15 is 0 Å². The predicted molar refractivity (Wildman–Crippen MR) is 96.1 cm³/mol. The molecule has 4 rings (SSSR count). The highest BCUT2D eigenvalue weighted by atomic mass is 16.4. The number of fused-ring (bicyclic) bond motifs is 2. The van der Waals surface area contributed by atoms with E-state index in [9.17, 15) is 14.7 Å². The van der Waals surface area contributed by atoms with Crippen molar-refractivity contribution in [1.29, 1.82) is 0 Å². The van der Waals surface area contributed by atoms with Crippen LogP contribution in [0.5, 0.6) is 0 Å². The molecule has 26 heavy (non-hydrogen) atoms. The molecule has 1 aliphatic heterocycles. The van der Waals surface area contributed by atoms with Crippen LogP contribution in [0.1, 0.15) is 47.4 Å². The summed E-state index contributed by atoms with van der Waals surface area (Å²) >= 11 is 0. The van der Waals surface area contributed by atoms with E-state index in [-0.39, 0.29) is 22.3 Å². The van der Waals surface area contributed by atoms with Crippen LogP contribution in [0.2, 0.25) is 0 Å². The zero-order valence-electron chi connectivity index (χ0n) is 14.3. The van der Waals surface area contributed by atoms with E-state index in [1.165, 1.54) is 18.2 Å². The Morgan fingerprint density at radius 2 is 2.23 bits per heavy atom. The molecule has 0 saturated carbocycles. The Morgan fingerprint density at radius 3 is 2.96 bits per heavy atom. The predicted octanol–water partition coefficient (Wildman–Crippen LogP) is 2.66. The van der Waals surface area contributed by atoms with Crippen molar-refractivity contribution in [2.45, 2.75) is 37.8 Å². The maximum absolute atomic E-state index is 12.8. The third kappa shape index (κ3) is 2.72. The lowest BCUT2D eigenvalue weighted by atomic mass is 9.93. The highest BCUT2D eigenvalue weighted by Crippen LogP contribution is 2.39. The Balaban J connectivity index is 1.73. The molecule has 134 valence electrons. The summed E-state index contributed by atoms with van der Waals surface area (Å²) < 4.78 is 5.98. The molecule has 1 aromatic carbocycles. The summed E-state index contributed by atoms with van der Waals surface area (Å²) in [5, 5.41) is 23.3. The van der Waals surface area contributed by atoms with Crippen molar-refractivity contribution in [2.24, 2.45) is 0 Å². The van der Waals surface area contributed by atoms with Crippen molar-refractivity contribution < 1.29 is 19.4 Å². The summed E-state index contributed by atoms with van der Waals surface area (Å²) in [5.41, 5.74) is 0.539. The van der Waals surface area contributed by atoms with Crippen LogP contribution < -0.4 is 10.7 Å². The molecule has 2 aromatic rings. The van der Waals surface area contributed by atoms with Gasteiger partial charge in [0.15, 0.2) is 11.2 Å². The SMILES string of the molecule is CC1=CC=CC(O)(CC2CCc3c2oc2ccc(C(=O)O)cc2c3=O)N1. The maximum Gasteiger partial charge on any atom is 0.335 e.